The second-order valence-corrected chi connectivity index (χ2v) is 9.00. The molecule has 0 fully saturated rings. The monoisotopic (exact) mass is 235 g/mol. The summed E-state index contributed by atoms with van der Waals surface area (Å²) >= 11 is 0. The zero-order chi connectivity index (χ0) is 12.2. The highest BCUT2D eigenvalue weighted by Crippen LogP contribution is 2.20. The minimum Gasteiger partial charge on any atom is -0.544 e. The van der Waals surface area contributed by atoms with Crippen LogP contribution in [0.25, 0.3) is 5.76 Å². The minimum atomic E-state index is -1.72. The fourth-order valence-electron chi connectivity index (χ4n) is 1.19. The molecular weight excluding hydrogens is 218 g/mol. The van der Waals surface area contributed by atoms with E-state index in [0.717, 1.165) is 5.56 Å². The van der Waals surface area contributed by atoms with Gasteiger partial charge in [0.15, 0.2) is 5.78 Å². The molecule has 0 saturated carbocycles. The lowest BCUT2D eigenvalue weighted by molar-refractivity contribution is -0.112. The Labute approximate surface area is 97.3 Å². The minimum absolute atomic E-state index is 0.0166. The van der Waals surface area contributed by atoms with Crippen LogP contribution in [-0.2, 0) is 9.22 Å². The van der Waals surface area contributed by atoms with Gasteiger partial charge in [-0.1, -0.05) is 0 Å². The van der Waals surface area contributed by atoms with E-state index in [1.807, 2.05) is 12.1 Å². The fourth-order valence-corrected chi connectivity index (χ4v) is 2.03. The highest BCUT2D eigenvalue weighted by molar-refractivity contribution is 6.70. The van der Waals surface area contributed by atoms with Gasteiger partial charge in [0, 0.05) is 24.0 Å². The molecule has 0 aliphatic rings. The molecule has 0 N–H and O–H groups in total. The number of pyridine rings is 1. The van der Waals surface area contributed by atoms with E-state index < -0.39 is 8.32 Å². The molecule has 86 valence electrons. The molecule has 0 saturated heterocycles. The van der Waals surface area contributed by atoms with Gasteiger partial charge in [0.05, 0.1) is 0 Å². The van der Waals surface area contributed by atoms with Crippen molar-refractivity contribution in [3.63, 3.8) is 0 Å². The summed E-state index contributed by atoms with van der Waals surface area (Å²) in [5, 5.41) is 0. The van der Waals surface area contributed by atoms with Crippen molar-refractivity contribution in [1.29, 1.82) is 0 Å². The van der Waals surface area contributed by atoms with E-state index in [1.165, 1.54) is 13.0 Å². The highest BCUT2D eigenvalue weighted by atomic mass is 28.4. The van der Waals surface area contributed by atoms with Crippen LogP contribution in [0.15, 0.2) is 30.6 Å². The van der Waals surface area contributed by atoms with Gasteiger partial charge in [-0.05, 0) is 38.7 Å². The molecule has 1 rings (SSSR count). The summed E-state index contributed by atoms with van der Waals surface area (Å²) < 4.78 is 5.87. The third-order valence-corrected chi connectivity index (χ3v) is 2.53. The van der Waals surface area contributed by atoms with Crippen molar-refractivity contribution >= 4 is 19.9 Å². The van der Waals surface area contributed by atoms with Crippen molar-refractivity contribution < 1.29 is 9.22 Å². The molecule has 0 spiro atoms. The molecule has 1 aromatic heterocycles. The number of nitrogens with zero attached hydrogens (tertiary/aromatic N) is 1. The molecule has 16 heavy (non-hydrogen) atoms. The highest BCUT2D eigenvalue weighted by Gasteiger charge is 2.19. The van der Waals surface area contributed by atoms with E-state index in [9.17, 15) is 4.79 Å². The number of hydrogen-bond acceptors (Lipinski definition) is 3. The van der Waals surface area contributed by atoms with Crippen LogP contribution in [0.1, 0.15) is 12.5 Å². The van der Waals surface area contributed by atoms with Crippen LogP contribution in [0.4, 0.5) is 0 Å². The molecular formula is C12H17NO2Si. The van der Waals surface area contributed by atoms with Gasteiger partial charge in [-0.2, -0.15) is 0 Å². The fraction of sp³-hybridized carbons (Fsp3) is 0.333. The molecule has 0 radical (unpaired) electrons. The predicted molar refractivity (Wildman–Crippen MR) is 67.3 cm³/mol. The van der Waals surface area contributed by atoms with Crippen molar-refractivity contribution in [1.82, 2.24) is 4.98 Å². The number of carbonyl (C=O) groups excluding carboxylic acids is 1. The lowest BCUT2D eigenvalue weighted by Gasteiger charge is -2.21. The van der Waals surface area contributed by atoms with Crippen LogP contribution in [0.5, 0.6) is 0 Å². The van der Waals surface area contributed by atoms with Crippen molar-refractivity contribution in [3.8, 4) is 0 Å². The van der Waals surface area contributed by atoms with E-state index in [2.05, 4.69) is 24.6 Å². The van der Waals surface area contributed by atoms with Gasteiger partial charge in [-0.25, -0.2) is 0 Å². The molecule has 4 heteroatoms. The molecule has 1 heterocycles. The van der Waals surface area contributed by atoms with Crippen molar-refractivity contribution in [3.05, 3.63) is 36.2 Å². The lowest BCUT2D eigenvalue weighted by atomic mass is 10.2. The topological polar surface area (TPSA) is 39.2 Å². The maximum Gasteiger partial charge on any atom is 0.242 e. The predicted octanol–water partition coefficient (Wildman–Crippen LogP) is 2.86. The molecule has 3 nitrogen and oxygen atoms in total. The van der Waals surface area contributed by atoms with Crippen LogP contribution in [0, 0.1) is 0 Å². The average molecular weight is 235 g/mol. The maximum atomic E-state index is 11.2. The Hall–Kier alpha value is -1.42. The van der Waals surface area contributed by atoms with Crippen LogP contribution in [-0.4, -0.2) is 19.1 Å². The smallest absolute Gasteiger partial charge is 0.242 e. The molecule has 0 aliphatic heterocycles. The van der Waals surface area contributed by atoms with Crippen molar-refractivity contribution in [2.24, 2.45) is 0 Å². The van der Waals surface area contributed by atoms with E-state index in [1.54, 1.807) is 12.4 Å². The second-order valence-electron chi connectivity index (χ2n) is 4.58. The van der Waals surface area contributed by atoms with Crippen LogP contribution < -0.4 is 0 Å². The molecule has 0 atom stereocenters. The molecule has 0 amide bonds. The van der Waals surface area contributed by atoms with E-state index >= 15 is 0 Å². The van der Waals surface area contributed by atoms with E-state index in [0.29, 0.717) is 5.76 Å². The van der Waals surface area contributed by atoms with Gasteiger partial charge in [0.2, 0.25) is 8.32 Å². The van der Waals surface area contributed by atoms with Gasteiger partial charge in [-0.3, -0.25) is 9.78 Å². The summed E-state index contributed by atoms with van der Waals surface area (Å²) in [7, 11) is -1.72. The Kier molecular flexibility index (Phi) is 4.01. The number of allylic oxidation sites excluding steroid dienone is 1. The lowest BCUT2D eigenvalue weighted by Crippen LogP contribution is -2.24. The summed E-state index contributed by atoms with van der Waals surface area (Å²) in [6.07, 6.45) is 4.92. The summed E-state index contributed by atoms with van der Waals surface area (Å²) in [6, 6.07) is 3.72. The number of rotatable bonds is 4. The van der Waals surface area contributed by atoms with Gasteiger partial charge >= 0.3 is 0 Å². The standard InChI is InChI=1S/C12H17NO2Si/c1-10(14)8-12(15-16(2,3)4)11-6-5-7-13-9-11/h5-9H,1-4H3/b12-8-. The summed E-state index contributed by atoms with van der Waals surface area (Å²) in [5.74, 6) is 0.608. The first-order valence-electron chi connectivity index (χ1n) is 5.20. The molecule has 0 aromatic carbocycles. The third kappa shape index (κ3) is 4.40. The maximum absolute atomic E-state index is 11.2. The Balaban J connectivity index is 3.03. The molecule has 1 aromatic rings. The zero-order valence-corrected chi connectivity index (χ0v) is 11.2. The molecule has 0 aliphatic carbocycles. The first-order valence-corrected chi connectivity index (χ1v) is 8.61. The number of carbonyl (C=O) groups is 1. The molecule has 0 unspecified atom stereocenters. The Morgan fingerprint density at radius 2 is 2.12 bits per heavy atom. The zero-order valence-electron chi connectivity index (χ0n) is 10.2. The Morgan fingerprint density at radius 3 is 2.56 bits per heavy atom. The Morgan fingerprint density at radius 1 is 1.44 bits per heavy atom. The van der Waals surface area contributed by atoms with Crippen molar-refractivity contribution in [2.45, 2.75) is 26.6 Å². The first-order chi connectivity index (χ1) is 7.38. The number of hydrogen-bond donors (Lipinski definition) is 0. The van der Waals surface area contributed by atoms with E-state index in [-0.39, 0.29) is 5.78 Å². The average Bonchev–Trinajstić information content (AvgIpc) is 2.15. The summed E-state index contributed by atoms with van der Waals surface area (Å²) in [5.41, 5.74) is 0.847. The van der Waals surface area contributed by atoms with Gasteiger partial charge in [0.25, 0.3) is 0 Å². The van der Waals surface area contributed by atoms with Gasteiger partial charge in [-0.15, -0.1) is 0 Å². The summed E-state index contributed by atoms with van der Waals surface area (Å²) in [6.45, 7) is 7.76. The van der Waals surface area contributed by atoms with E-state index in [4.69, 9.17) is 4.43 Å². The number of aromatic nitrogens is 1. The molecule has 0 bridgehead atoms. The quantitative estimate of drug-likeness (QED) is 0.457. The largest absolute Gasteiger partial charge is 0.544 e. The third-order valence-electron chi connectivity index (χ3n) is 1.70. The number of ketones is 1. The van der Waals surface area contributed by atoms with Crippen LogP contribution in [0.2, 0.25) is 19.6 Å². The Bertz CT molecular complexity index is 393. The van der Waals surface area contributed by atoms with Crippen LogP contribution >= 0.6 is 0 Å². The second kappa shape index (κ2) is 5.07. The normalized spacial score (nSPS) is 12.4. The first kappa shape index (κ1) is 12.6. The van der Waals surface area contributed by atoms with Gasteiger partial charge in [0.1, 0.15) is 5.76 Å². The summed E-state index contributed by atoms with van der Waals surface area (Å²) in [4.78, 5) is 15.2. The van der Waals surface area contributed by atoms with Crippen LogP contribution in [0.3, 0.4) is 0 Å². The van der Waals surface area contributed by atoms with Gasteiger partial charge < -0.3 is 4.43 Å². The van der Waals surface area contributed by atoms with Crippen molar-refractivity contribution in [2.75, 3.05) is 0 Å². The SMILES string of the molecule is CC(=O)/C=C(\O[Si](C)(C)C)c1cccnc1.